The summed E-state index contributed by atoms with van der Waals surface area (Å²) in [5, 5.41) is 13.0. The van der Waals surface area contributed by atoms with E-state index in [0.29, 0.717) is 30.0 Å². The van der Waals surface area contributed by atoms with E-state index in [1.807, 2.05) is 44.3 Å². The molecular weight excluding hydrogens is 476 g/mol. The lowest BCUT2D eigenvalue weighted by atomic mass is 9.82. The second-order valence-electron chi connectivity index (χ2n) is 10.8. The van der Waals surface area contributed by atoms with E-state index in [2.05, 4.69) is 5.32 Å². The Morgan fingerprint density at radius 1 is 1.25 bits per heavy atom. The maximum atomic E-state index is 13.7. The number of aliphatic hydroxyl groups excluding tert-OH is 1. The van der Waals surface area contributed by atoms with Gasteiger partial charge in [-0.05, 0) is 48.8 Å². The van der Waals surface area contributed by atoms with Gasteiger partial charge in [0.05, 0.1) is 32.3 Å². The summed E-state index contributed by atoms with van der Waals surface area (Å²) in [5.74, 6) is -0.178. The van der Waals surface area contributed by atoms with E-state index in [-0.39, 0.29) is 42.3 Å². The van der Waals surface area contributed by atoms with E-state index in [1.54, 1.807) is 30.2 Å². The van der Waals surface area contributed by atoms with Crippen LogP contribution < -0.4 is 10.1 Å². The molecule has 0 radical (unpaired) electrons. The molecule has 0 aromatic heterocycles. The van der Waals surface area contributed by atoms with Crippen LogP contribution in [0.4, 0.5) is 5.69 Å². The molecule has 8 nitrogen and oxygen atoms in total. The quantitative estimate of drug-likeness (QED) is 0.534. The Bertz CT molecular complexity index is 1200. The van der Waals surface area contributed by atoms with Crippen LogP contribution in [0.1, 0.15) is 30.0 Å². The van der Waals surface area contributed by atoms with Gasteiger partial charge >= 0.3 is 0 Å². The van der Waals surface area contributed by atoms with Crippen molar-refractivity contribution in [1.29, 1.82) is 0 Å². The number of anilines is 1. The third-order valence-corrected chi connectivity index (χ3v) is 10.7. The second-order valence-corrected chi connectivity index (χ2v) is 14.7. The van der Waals surface area contributed by atoms with Gasteiger partial charge in [-0.1, -0.05) is 31.2 Å². The Hall–Kier alpha value is -2.72. The normalized spacial score (nSPS) is 29.2. The number of nitrogens with one attached hydrogen (secondary N) is 1. The number of aliphatic hydroxyl groups is 1. The largest absolute Gasteiger partial charge is 0.497 e. The second kappa shape index (κ2) is 8.99. The van der Waals surface area contributed by atoms with Crippen LogP contribution >= 0.6 is 0 Å². The van der Waals surface area contributed by atoms with Crippen LogP contribution in [0.5, 0.6) is 5.75 Å². The lowest BCUT2D eigenvalue weighted by Gasteiger charge is -2.37. The highest BCUT2D eigenvalue weighted by atomic mass is 28.4. The number of nitrogens with zero attached hydrogens (tertiary/aromatic N) is 1. The first-order valence-corrected chi connectivity index (χ1v) is 15.5. The molecule has 9 heteroatoms. The summed E-state index contributed by atoms with van der Waals surface area (Å²) in [4.78, 5) is 40.2. The SMILES string of the molecule is COc1ccc2c(c1)[C@]1(O[C@@H](CC(=O)N3Cc4ccccc4C[C@H]3CO)[C@H]([Si](C)(C)O)[C@H]1C)C(=O)N2. The molecule has 3 aliphatic heterocycles. The number of ether oxygens (including phenoxy) is 2. The van der Waals surface area contributed by atoms with Crippen molar-refractivity contribution in [3.8, 4) is 5.75 Å². The van der Waals surface area contributed by atoms with Gasteiger partial charge in [-0.2, -0.15) is 0 Å². The average molecular weight is 511 g/mol. The lowest BCUT2D eigenvalue weighted by Crippen LogP contribution is -2.48. The first-order chi connectivity index (χ1) is 17.1. The zero-order valence-corrected chi connectivity index (χ0v) is 22.2. The Morgan fingerprint density at radius 2 is 1.97 bits per heavy atom. The smallest absolute Gasteiger partial charge is 0.261 e. The van der Waals surface area contributed by atoms with Crippen molar-refractivity contribution in [1.82, 2.24) is 4.90 Å². The Labute approximate surface area is 212 Å². The summed E-state index contributed by atoms with van der Waals surface area (Å²) in [7, 11) is -1.30. The molecule has 0 bridgehead atoms. The number of carbonyl (C=O) groups is 2. The van der Waals surface area contributed by atoms with E-state index >= 15 is 0 Å². The maximum Gasteiger partial charge on any atom is 0.261 e. The van der Waals surface area contributed by atoms with Crippen molar-refractivity contribution in [3.63, 3.8) is 0 Å². The van der Waals surface area contributed by atoms with Gasteiger partial charge in [0, 0.05) is 29.3 Å². The topological polar surface area (TPSA) is 108 Å². The van der Waals surface area contributed by atoms with Gasteiger partial charge in [-0.3, -0.25) is 9.59 Å². The molecule has 2 aromatic rings. The van der Waals surface area contributed by atoms with Gasteiger partial charge in [0.1, 0.15) is 5.75 Å². The Balaban J connectivity index is 1.48. The summed E-state index contributed by atoms with van der Waals surface area (Å²) < 4.78 is 12.0. The van der Waals surface area contributed by atoms with Gasteiger partial charge in [0.2, 0.25) is 5.91 Å². The van der Waals surface area contributed by atoms with E-state index in [9.17, 15) is 19.5 Å². The molecule has 0 saturated carbocycles. The molecule has 3 aliphatic rings. The average Bonchev–Trinajstić information content (AvgIpc) is 3.30. The first kappa shape index (κ1) is 24.9. The third kappa shape index (κ3) is 3.85. The van der Waals surface area contributed by atoms with Crippen LogP contribution in [0.25, 0.3) is 0 Å². The molecule has 3 N–H and O–H groups in total. The monoisotopic (exact) mass is 510 g/mol. The fourth-order valence-corrected chi connectivity index (χ4v) is 9.09. The number of carbonyl (C=O) groups excluding carboxylic acids is 2. The molecule has 192 valence electrons. The third-order valence-electron chi connectivity index (χ3n) is 8.21. The highest BCUT2D eigenvalue weighted by molar-refractivity contribution is 6.71. The first-order valence-electron chi connectivity index (χ1n) is 12.5. The van der Waals surface area contributed by atoms with Crippen molar-refractivity contribution in [2.75, 3.05) is 19.0 Å². The standard InChI is InChI=1S/C27H34N2O6Si/c1-16-25(36(3,4)33)23(35-27(16)21-12-20(34-2)9-10-22(21)28-26(27)32)13-24(31)29-14-18-8-6-5-7-17(18)11-19(29)15-30/h5-10,12,16,19,23,25,30,33H,11,13-15H2,1-4H3,(H,28,32)/t16-,19+,23+,25-,27+/m1/s1. The molecule has 3 heterocycles. The van der Waals surface area contributed by atoms with Crippen LogP contribution in [0.15, 0.2) is 42.5 Å². The van der Waals surface area contributed by atoms with Gasteiger partial charge < -0.3 is 29.6 Å². The minimum Gasteiger partial charge on any atom is -0.497 e. The van der Waals surface area contributed by atoms with Crippen molar-refractivity contribution >= 4 is 25.8 Å². The minimum absolute atomic E-state index is 0.0268. The predicted octanol–water partition coefficient (Wildman–Crippen LogP) is 2.78. The molecule has 1 fully saturated rings. The minimum atomic E-state index is -2.87. The lowest BCUT2D eigenvalue weighted by molar-refractivity contribution is -0.149. The van der Waals surface area contributed by atoms with Gasteiger partial charge in [-0.25, -0.2) is 0 Å². The number of rotatable bonds is 5. The molecule has 5 atom stereocenters. The number of methoxy groups -OCH3 is 1. The summed E-state index contributed by atoms with van der Waals surface area (Å²) in [6.07, 6.45) is -0.0266. The fourth-order valence-electron chi connectivity index (χ4n) is 6.53. The predicted molar refractivity (Wildman–Crippen MR) is 137 cm³/mol. The summed E-state index contributed by atoms with van der Waals surface area (Å²) >= 11 is 0. The van der Waals surface area contributed by atoms with Crippen LogP contribution in [-0.2, 0) is 32.9 Å². The molecular formula is C27H34N2O6Si. The van der Waals surface area contributed by atoms with Crippen molar-refractivity contribution in [3.05, 3.63) is 59.2 Å². The van der Waals surface area contributed by atoms with Crippen LogP contribution in [0, 0.1) is 5.92 Å². The van der Waals surface area contributed by atoms with Gasteiger partial charge in [0.15, 0.2) is 13.9 Å². The molecule has 0 aliphatic carbocycles. The Morgan fingerprint density at radius 3 is 2.64 bits per heavy atom. The highest BCUT2D eigenvalue weighted by Crippen LogP contribution is 2.58. The number of hydrogen-bond acceptors (Lipinski definition) is 6. The highest BCUT2D eigenvalue weighted by Gasteiger charge is 2.65. The zero-order chi connectivity index (χ0) is 25.8. The van der Waals surface area contributed by atoms with Crippen LogP contribution in [0.2, 0.25) is 18.6 Å². The summed E-state index contributed by atoms with van der Waals surface area (Å²) in [6.45, 7) is 5.88. The number of amides is 2. The molecule has 5 rings (SSSR count). The van der Waals surface area contributed by atoms with Crippen molar-refractivity contribution < 1.29 is 29.0 Å². The molecule has 2 aromatic carbocycles. The molecule has 1 spiro atoms. The molecule has 2 amide bonds. The van der Waals surface area contributed by atoms with Crippen LogP contribution in [0.3, 0.4) is 0 Å². The molecule has 1 saturated heterocycles. The molecule has 36 heavy (non-hydrogen) atoms. The number of benzene rings is 2. The van der Waals surface area contributed by atoms with Crippen LogP contribution in [-0.4, -0.2) is 60.8 Å². The zero-order valence-electron chi connectivity index (χ0n) is 21.2. The number of hydrogen-bond donors (Lipinski definition) is 3. The van der Waals surface area contributed by atoms with Crippen molar-refractivity contribution in [2.45, 2.75) is 62.7 Å². The number of fused-ring (bicyclic) bond motifs is 3. The summed E-state index contributed by atoms with van der Waals surface area (Å²) in [6, 6.07) is 13.0. The van der Waals surface area contributed by atoms with Crippen molar-refractivity contribution in [2.24, 2.45) is 5.92 Å². The molecule has 0 unspecified atom stereocenters. The van der Waals surface area contributed by atoms with E-state index in [4.69, 9.17) is 9.47 Å². The van der Waals surface area contributed by atoms with E-state index < -0.39 is 20.0 Å². The van der Waals surface area contributed by atoms with E-state index in [0.717, 1.165) is 11.1 Å². The van der Waals surface area contributed by atoms with Gasteiger partial charge in [0.25, 0.3) is 5.91 Å². The van der Waals surface area contributed by atoms with Gasteiger partial charge in [-0.15, -0.1) is 0 Å². The summed E-state index contributed by atoms with van der Waals surface area (Å²) in [5.41, 5.74) is 1.88. The Kier molecular flexibility index (Phi) is 6.23. The van der Waals surface area contributed by atoms with E-state index in [1.165, 1.54) is 0 Å². The fraction of sp³-hybridized carbons (Fsp3) is 0.481. The maximum absolute atomic E-state index is 13.7.